The van der Waals surface area contributed by atoms with E-state index in [1.165, 1.54) is 0 Å². The molecule has 2 aromatic heterocycles. The number of rotatable bonds is 6. The molecule has 0 N–H and O–H groups in total. The monoisotopic (exact) mass is 528 g/mol. The molecule has 2 atom stereocenters. The third kappa shape index (κ3) is 6.56. The molecule has 0 aliphatic carbocycles. The normalized spacial score (nSPS) is 19.2. The van der Waals surface area contributed by atoms with Gasteiger partial charge in [0, 0.05) is 24.6 Å². The number of ether oxygens (including phenoxy) is 2. The van der Waals surface area contributed by atoms with E-state index in [0.717, 1.165) is 23.3 Å². The maximum absolute atomic E-state index is 13.2. The van der Waals surface area contributed by atoms with E-state index in [-0.39, 0.29) is 34.7 Å². The number of nitrogens with zero attached hydrogens (tertiary/aromatic N) is 4. The average Bonchev–Trinajstić information content (AvgIpc) is 3.24. The smallest absolute Gasteiger partial charge is 0.412 e. The van der Waals surface area contributed by atoms with E-state index in [9.17, 15) is 9.59 Å². The minimum atomic E-state index is -0.766. The van der Waals surface area contributed by atoms with Gasteiger partial charge in [-0.05, 0) is 64.9 Å². The Morgan fingerprint density at radius 3 is 2.32 bits per heavy atom. The molecule has 8 nitrogen and oxygen atoms in total. The third-order valence-corrected chi connectivity index (χ3v) is 7.39. The number of aromatic nitrogens is 3. The van der Waals surface area contributed by atoms with E-state index in [2.05, 4.69) is 51.5 Å². The Morgan fingerprint density at radius 1 is 1.13 bits per heavy atom. The van der Waals surface area contributed by atoms with Crippen LogP contribution in [0.2, 0.25) is 0 Å². The Kier molecular flexibility index (Phi) is 8.11. The molecule has 1 amide bonds. The fourth-order valence-corrected chi connectivity index (χ4v) is 5.54. The first-order chi connectivity index (χ1) is 17.2. The molecule has 0 unspecified atom stereocenters. The number of hydrogen-bond acceptors (Lipinski definition) is 6. The molecule has 1 fully saturated rings. The Balaban J connectivity index is 1.76. The van der Waals surface area contributed by atoms with Gasteiger partial charge in [-0.15, -0.1) is 0 Å². The van der Waals surface area contributed by atoms with Crippen molar-refractivity contribution in [3.63, 3.8) is 0 Å². The summed E-state index contributed by atoms with van der Waals surface area (Å²) in [5.74, 6) is 0.0953. The highest BCUT2D eigenvalue weighted by atomic mass is 16.6. The molecule has 8 heteroatoms. The van der Waals surface area contributed by atoms with Gasteiger partial charge >= 0.3 is 6.09 Å². The summed E-state index contributed by atoms with van der Waals surface area (Å²) in [6.07, 6.45) is 3.05. The van der Waals surface area contributed by atoms with Crippen LogP contribution in [0.3, 0.4) is 0 Å². The first kappa shape index (κ1) is 30.1. The maximum atomic E-state index is 13.2. The first-order valence-corrected chi connectivity index (χ1v) is 13.7. The van der Waals surface area contributed by atoms with E-state index in [1.54, 1.807) is 11.1 Å². The molecule has 38 heavy (non-hydrogen) atoms. The molecule has 1 aliphatic heterocycles. The van der Waals surface area contributed by atoms with Crippen LogP contribution in [0.1, 0.15) is 112 Å². The molecule has 0 radical (unpaired) electrons. The van der Waals surface area contributed by atoms with Crippen LogP contribution in [0.4, 0.5) is 4.79 Å². The number of amides is 1. The van der Waals surface area contributed by atoms with Crippen molar-refractivity contribution in [2.75, 3.05) is 6.61 Å². The minimum Gasteiger partial charge on any atom is -0.444 e. The number of carbonyl (C=O) groups is 2. The molecule has 0 spiro atoms. The van der Waals surface area contributed by atoms with E-state index in [4.69, 9.17) is 9.47 Å². The second-order valence-corrected chi connectivity index (χ2v) is 14.3. The van der Waals surface area contributed by atoms with E-state index >= 15 is 0 Å². The van der Waals surface area contributed by atoms with Gasteiger partial charge in [-0.2, -0.15) is 0 Å². The summed E-state index contributed by atoms with van der Waals surface area (Å²) in [6, 6.07) is 1.90. The zero-order chi connectivity index (χ0) is 28.8. The Morgan fingerprint density at radius 2 is 1.76 bits per heavy atom. The number of ketones is 1. The van der Waals surface area contributed by atoms with Gasteiger partial charge in [-0.25, -0.2) is 9.78 Å². The van der Waals surface area contributed by atoms with Crippen molar-refractivity contribution < 1.29 is 19.1 Å². The van der Waals surface area contributed by atoms with Gasteiger partial charge in [0.1, 0.15) is 22.5 Å². The maximum Gasteiger partial charge on any atom is 0.412 e. The number of fused-ring (bicyclic) bond motifs is 1. The van der Waals surface area contributed by atoms with Gasteiger partial charge in [0.05, 0.1) is 18.8 Å². The standard InChI is InChI=1S/C30H48N4O4/c1-27(2,3)19(22-18-37-30(10,11)34(22)26(36)38-29(7,8)9)14-13-15-23(35)21-17-31-20-16-24(28(4,5)6)33(12)25(20)32-21/h16-17,19,22H,13-15,18H2,1-12H3/t19-,22+/m1/s1. The highest BCUT2D eigenvalue weighted by Crippen LogP contribution is 2.42. The van der Waals surface area contributed by atoms with Crippen LogP contribution < -0.4 is 0 Å². The van der Waals surface area contributed by atoms with Crippen molar-refractivity contribution >= 4 is 23.0 Å². The molecular formula is C30H48N4O4. The van der Waals surface area contributed by atoms with Crippen LogP contribution in [0.25, 0.3) is 11.2 Å². The molecule has 1 aliphatic rings. The Hall–Kier alpha value is -2.48. The SMILES string of the molecule is Cn1c(C(C)(C)C)cc2ncc(C(=O)CCC[C@H]([C@@H]3COC(C)(C)N3C(=O)OC(C)(C)C)C(C)(C)C)nc21. The lowest BCUT2D eigenvalue weighted by Crippen LogP contribution is -2.53. The van der Waals surface area contributed by atoms with Gasteiger partial charge in [0.2, 0.25) is 0 Å². The minimum absolute atomic E-state index is 0.0161. The van der Waals surface area contributed by atoms with Crippen molar-refractivity contribution in [3.05, 3.63) is 23.7 Å². The average molecular weight is 529 g/mol. The van der Waals surface area contributed by atoms with Crippen molar-refractivity contribution in [1.82, 2.24) is 19.4 Å². The zero-order valence-corrected chi connectivity index (χ0v) is 25.6. The van der Waals surface area contributed by atoms with Crippen LogP contribution >= 0.6 is 0 Å². The van der Waals surface area contributed by atoms with Crippen LogP contribution in [0, 0.1) is 11.3 Å². The van der Waals surface area contributed by atoms with Gasteiger partial charge in [0.25, 0.3) is 0 Å². The Labute approximate surface area is 228 Å². The summed E-state index contributed by atoms with van der Waals surface area (Å²) in [5.41, 5.74) is 1.53. The molecular weight excluding hydrogens is 480 g/mol. The van der Waals surface area contributed by atoms with Crippen LogP contribution in [-0.4, -0.2) is 55.3 Å². The van der Waals surface area contributed by atoms with Crippen molar-refractivity contribution in [2.24, 2.45) is 18.4 Å². The highest BCUT2D eigenvalue weighted by molar-refractivity contribution is 5.95. The van der Waals surface area contributed by atoms with E-state index < -0.39 is 11.3 Å². The second kappa shape index (κ2) is 10.2. The fourth-order valence-electron chi connectivity index (χ4n) is 5.54. The van der Waals surface area contributed by atoms with Crippen LogP contribution in [0.15, 0.2) is 12.3 Å². The summed E-state index contributed by atoms with van der Waals surface area (Å²) < 4.78 is 13.9. The highest BCUT2D eigenvalue weighted by Gasteiger charge is 2.50. The van der Waals surface area contributed by atoms with Crippen molar-refractivity contribution in [3.8, 4) is 0 Å². The molecule has 3 heterocycles. The summed E-state index contributed by atoms with van der Waals surface area (Å²) in [4.78, 5) is 37.4. The second-order valence-electron chi connectivity index (χ2n) is 14.3. The fraction of sp³-hybridized carbons (Fsp3) is 0.733. The van der Waals surface area contributed by atoms with Gasteiger partial charge in [0.15, 0.2) is 11.4 Å². The Bertz CT molecular complexity index is 1180. The van der Waals surface area contributed by atoms with Gasteiger partial charge < -0.3 is 14.0 Å². The summed E-state index contributed by atoms with van der Waals surface area (Å²) in [5, 5.41) is 0. The topological polar surface area (TPSA) is 86.6 Å². The lowest BCUT2D eigenvalue weighted by atomic mass is 9.73. The lowest BCUT2D eigenvalue weighted by Gasteiger charge is -2.42. The summed E-state index contributed by atoms with van der Waals surface area (Å²) in [6.45, 7) is 22.9. The van der Waals surface area contributed by atoms with Crippen molar-refractivity contribution in [2.45, 2.75) is 118 Å². The number of Topliss-reactive ketones (excluding diaryl/α,β-unsaturated/α-hetero) is 1. The molecule has 1 saturated heterocycles. The molecule has 212 valence electrons. The number of carbonyl (C=O) groups excluding carboxylic acids is 2. The van der Waals surface area contributed by atoms with Crippen LogP contribution in [-0.2, 0) is 21.9 Å². The molecule has 0 bridgehead atoms. The van der Waals surface area contributed by atoms with E-state index in [1.807, 2.05) is 52.3 Å². The predicted molar refractivity (Wildman–Crippen MR) is 150 cm³/mol. The third-order valence-electron chi connectivity index (χ3n) is 7.39. The molecule has 3 rings (SSSR count). The van der Waals surface area contributed by atoms with E-state index in [0.29, 0.717) is 25.1 Å². The van der Waals surface area contributed by atoms with Crippen molar-refractivity contribution in [1.29, 1.82) is 0 Å². The van der Waals surface area contributed by atoms with Gasteiger partial charge in [-0.3, -0.25) is 14.7 Å². The van der Waals surface area contributed by atoms with Gasteiger partial charge in [-0.1, -0.05) is 41.5 Å². The zero-order valence-electron chi connectivity index (χ0n) is 25.6. The lowest BCUT2D eigenvalue weighted by molar-refractivity contribution is -0.0669. The number of hydrogen-bond donors (Lipinski definition) is 0. The number of aryl methyl sites for hydroxylation is 1. The summed E-state index contributed by atoms with van der Waals surface area (Å²) in [7, 11) is 1.97. The molecule has 0 aromatic carbocycles. The quantitative estimate of drug-likeness (QED) is 0.390. The van der Waals surface area contributed by atoms with Crippen LogP contribution in [0.5, 0.6) is 0 Å². The largest absolute Gasteiger partial charge is 0.444 e. The first-order valence-electron chi connectivity index (χ1n) is 13.7. The molecule has 0 saturated carbocycles. The summed E-state index contributed by atoms with van der Waals surface area (Å²) >= 11 is 0. The predicted octanol–water partition coefficient (Wildman–Crippen LogP) is 6.65. The molecule has 2 aromatic rings.